The van der Waals surface area contributed by atoms with Crippen LogP contribution in [0.3, 0.4) is 0 Å². The van der Waals surface area contributed by atoms with Gasteiger partial charge in [-0.25, -0.2) is 0 Å². The van der Waals surface area contributed by atoms with Gasteiger partial charge in [0.15, 0.2) is 17.3 Å². The van der Waals surface area contributed by atoms with Crippen molar-refractivity contribution in [3.8, 4) is 17.5 Å². The molecule has 116 valence electrons. The number of methoxy groups -OCH3 is 1. The van der Waals surface area contributed by atoms with E-state index in [-0.39, 0.29) is 17.6 Å². The van der Waals surface area contributed by atoms with Gasteiger partial charge in [0.2, 0.25) is 5.95 Å². The van der Waals surface area contributed by atoms with Crippen LogP contribution in [0.25, 0.3) is 11.5 Å². The standard InChI is InChI=1S/C14H17N5O3/c1-8(20)10-9(2)22-18-11(10)12-15-13(17-14(16-12)21-3)19-6-4-5-7-19/h4-7H2,1-3H3. The van der Waals surface area contributed by atoms with Gasteiger partial charge in [-0.15, -0.1) is 0 Å². The molecule has 0 unspecified atom stereocenters. The number of carbonyl (C=O) groups is 1. The highest BCUT2D eigenvalue weighted by Crippen LogP contribution is 2.26. The van der Waals surface area contributed by atoms with E-state index < -0.39 is 0 Å². The summed E-state index contributed by atoms with van der Waals surface area (Å²) in [6.45, 7) is 4.93. The molecule has 2 aromatic heterocycles. The maximum atomic E-state index is 11.8. The first-order chi connectivity index (χ1) is 10.6. The van der Waals surface area contributed by atoms with Gasteiger partial charge >= 0.3 is 6.01 Å². The van der Waals surface area contributed by atoms with E-state index in [4.69, 9.17) is 9.26 Å². The fourth-order valence-electron chi connectivity index (χ4n) is 2.54. The molecule has 1 fully saturated rings. The topological polar surface area (TPSA) is 94.2 Å². The van der Waals surface area contributed by atoms with Crippen molar-refractivity contribution in [2.75, 3.05) is 25.1 Å². The van der Waals surface area contributed by atoms with Crippen LogP contribution in [0.1, 0.15) is 35.9 Å². The van der Waals surface area contributed by atoms with Crippen molar-refractivity contribution < 1.29 is 14.1 Å². The van der Waals surface area contributed by atoms with E-state index in [1.54, 1.807) is 6.92 Å². The number of ketones is 1. The lowest BCUT2D eigenvalue weighted by Crippen LogP contribution is -2.21. The van der Waals surface area contributed by atoms with Gasteiger partial charge in [0.25, 0.3) is 0 Å². The number of ether oxygens (including phenoxy) is 1. The second-order valence-electron chi connectivity index (χ2n) is 5.16. The second kappa shape index (κ2) is 5.70. The zero-order valence-corrected chi connectivity index (χ0v) is 12.8. The summed E-state index contributed by atoms with van der Waals surface area (Å²) in [7, 11) is 1.49. The Bertz CT molecular complexity index is 706. The minimum atomic E-state index is -0.143. The zero-order chi connectivity index (χ0) is 15.7. The molecule has 1 aliphatic heterocycles. The molecule has 3 heterocycles. The molecule has 1 aliphatic rings. The fraction of sp³-hybridized carbons (Fsp3) is 0.500. The lowest BCUT2D eigenvalue weighted by molar-refractivity contribution is 0.101. The lowest BCUT2D eigenvalue weighted by atomic mass is 10.1. The number of carbonyl (C=O) groups excluding carboxylic acids is 1. The van der Waals surface area contributed by atoms with Gasteiger partial charge in [0.05, 0.1) is 12.7 Å². The molecule has 0 bridgehead atoms. The highest BCUT2D eigenvalue weighted by molar-refractivity contribution is 6.00. The van der Waals surface area contributed by atoms with Crippen LogP contribution in [-0.2, 0) is 0 Å². The van der Waals surface area contributed by atoms with Gasteiger partial charge < -0.3 is 14.2 Å². The quantitative estimate of drug-likeness (QED) is 0.787. The Kier molecular flexibility index (Phi) is 3.74. The highest BCUT2D eigenvalue weighted by atomic mass is 16.5. The van der Waals surface area contributed by atoms with Crippen molar-refractivity contribution in [2.45, 2.75) is 26.7 Å². The summed E-state index contributed by atoms with van der Waals surface area (Å²) in [6.07, 6.45) is 2.20. The monoisotopic (exact) mass is 303 g/mol. The molecule has 0 spiro atoms. The van der Waals surface area contributed by atoms with Crippen LogP contribution in [-0.4, -0.2) is 46.1 Å². The zero-order valence-electron chi connectivity index (χ0n) is 12.8. The Morgan fingerprint density at radius 2 is 1.95 bits per heavy atom. The fourth-order valence-corrected chi connectivity index (χ4v) is 2.54. The number of aromatic nitrogens is 4. The van der Waals surface area contributed by atoms with Crippen LogP contribution in [0.5, 0.6) is 6.01 Å². The second-order valence-corrected chi connectivity index (χ2v) is 5.16. The third-order valence-electron chi connectivity index (χ3n) is 3.60. The Balaban J connectivity index is 2.10. The molecule has 8 heteroatoms. The molecule has 0 aliphatic carbocycles. The molecule has 0 amide bonds. The van der Waals surface area contributed by atoms with Crippen molar-refractivity contribution in [3.05, 3.63) is 11.3 Å². The van der Waals surface area contributed by atoms with E-state index in [0.29, 0.717) is 23.0 Å². The Labute approximate surface area is 127 Å². The molecule has 0 aromatic carbocycles. The molecule has 2 aromatic rings. The number of hydrogen-bond acceptors (Lipinski definition) is 8. The minimum absolute atomic E-state index is 0.143. The normalized spacial score (nSPS) is 14.4. The smallest absolute Gasteiger partial charge is 0.321 e. The molecular formula is C14H17N5O3. The molecule has 0 N–H and O–H groups in total. The average molecular weight is 303 g/mol. The van der Waals surface area contributed by atoms with Crippen LogP contribution < -0.4 is 9.64 Å². The van der Waals surface area contributed by atoms with E-state index in [1.807, 2.05) is 0 Å². The number of aryl methyl sites for hydroxylation is 1. The van der Waals surface area contributed by atoms with Crippen LogP contribution >= 0.6 is 0 Å². The van der Waals surface area contributed by atoms with Crippen LogP contribution in [0, 0.1) is 6.92 Å². The molecule has 0 radical (unpaired) electrons. The predicted octanol–water partition coefficient (Wildman–Crippen LogP) is 1.65. The molecule has 0 saturated carbocycles. The third-order valence-corrected chi connectivity index (χ3v) is 3.60. The molecule has 0 atom stereocenters. The Morgan fingerprint density at radius 1 is 1.23 bits per heavy atom. The summed E-state index contributed by atoms with van der Waals surface area (Å²) in [5, 5.41) is 3.93. The average Bonchev–Trinajstić information content (AvgIpc) is 3.15. The van der Waals surface area contributed by atoms with Gasteiger partial charge in [-0.2, -0.15) is 15.0 Å². The third kappa shape index (κ3) is 2.51. The summed E-state index contributed by atoms with van der Waals surface area (Å²) >= 11 is 0. The largest absolute Gasteiger partial charge is 0.467 e. The SMILES string of the molecule is COc1nc(-c2noc(C)c2C(C)=O)nc(N2CCCC2)n1. The van der Waals surface area contributed by atoms with Gasteiger partial charge in [0.1, 0.15) is 5.76 Å². The first-order valence-corrected chi connectivity index (χ1v) is 7.12. The van der Waals surface area contributed by atoms with Crippen LogP contribution in [0.2, 0.25) is 0 Å². The Morgan fingerprint density at radius 3 is 2.59 bits per heavy atom. The van der Waals surface area contributed by atoms with Gasteiger partial charge in [-0.05, 0) is 26.7 Å². The van der Waals surface area contributed by atoms with E-state index in [0.717, 1.165) is 25.9 Å². The van der Waals surface area contributed by atoms with Gasteiger partial charge in [-0.1, -0.05) is 5.16 Å². The van der Waals surface area contributed by atoms with E-state index in [9.17, 15) is 4.79 Å². The summed E-state index contributed by atoms with van der Waals surface area (Å²) in [4.78, 5) is 26.8. The van der Waals surface area contributed by atoms with Crippen molar-refractivity contribution in [2.24, 2.45) is 0 Å². The molecule has 3 rings (SSSR count). The van der Waals surface area contributed by atoms with Crippen LogP contribution in [0.4, 0.5) is 5.95 Å². The van der Waals surface area contributed by atoms with E-state index >= 15 is 0 Å². The van der Waals surface area contributed by atoms with Crippen molar-refractivity contribution >= 4 is 11.7 Å². The summed E-state index contributed by atoms with van der Waals surface area (Å²) < 4.78 is 10.3. The summed E-state index contributed by atoms with van der Waals surface area (Å²) in [5.41, 5.74) is 0.715. The maximum Gasteiger partial charge on any atom is 0.321 e. The number of hydrogen-bond donors (Lipinski definition) is 0. The van der Waals surface area contributed by atoms with Gasteiger partial charge in [0, 0.05) is 13.1 Å². The molecule has 22 heavy (non-hydrogen) atoms. The number of rotatable bonds is 4. The number of nitrogens with zero attached hydrogens (tertiary/aromatic N) is 5. The minimum Gasteiger partial charge on any atom is -0.467 e. The number of Topliss-reactive ketones (excluding diaryl/α,β-unsaturated/α-hetero) is 1. The summed E-state index contributed by atoms with van der Waals surface area (Å²) in [5.74, 6) is 1.13. The van der Waals surface area contributed by atoms with E-state index in [2.05, 4.69) is 25.0 Å². The van der Waals surface area contributed by atoms with E-state index in [1.165, 1.54) is 14.0 Å². The Hall–Kier alpha value is -2.51. The first kappa shape index (κ1) is 14.4. The maximum absolute atomic E-state index is 11.8. The van der Waals surface area contributed by atoms with Crippen molar-refractivity contribution in [3.63, 3.8) is 0 Å². The van der Waals surface area contributed by atoms with Crippen molar-refractivity contribution in [1.82, 2.24) is 20.1 Å². The molecular weight excluding hydrogens is 286 g/mol. The van der Waals surface area contributed by atoms with Crippen molar-refractivity contribution in [1.29, 1.82) is 0 Å². The molecule has 1 saturated heterocycles. The first-order valence-electron chi connectivity index (χ1n) is 7.12. The highest BCUT2D eigenvalue weighted by Gasteiger charge is 2.24. The van der Waals surface area contributed by atoms with Gasteiger partial charge in [-0.3, -0.25) is 4.79 Å². The number of anilines is 1. The summed E-state index contributed by atoms with van der Waals surface area (Å²) in [6, 6.07) is 0.196. The lowest BCUT2D eigenvalue weighted by Gasteiger charge is -2.15. The predicted molar refractivity (Wildman–Crippen MR) is 78.1 cm³/mol. The molecule has 8 nitrogen and oxygen atoms in total. The van der Waals surface area contributed by atoms with Crippen LogP contribution in [0.15, 0.2) is 4.52 Å².